The fraction of sp³-hybridized carbons (Fsp3) is 0.588. The second-order valence-electron chi connectivity index (χ2n) is 6.61. The minimum Gasteiger partial charge on any atom is -0.496 e. The van der Waals surface area contributed by atoms with Crippen molar-refractivity contribution in [3.8, 4) is 5.75 Å². The van der Waals surface area contributed by atoms with E-state index in [1.54, 1.807) is 13.2 Å². The SMILES string of the molecule is COC(=O)C[C@H](O)C[C@H](N[S@](=O)C(C)(C)C)c1ccc(Br)cc1OC. The van der Waals surface area contributed by atoms with Gasteiger partial charge in [0.25, 0.3) is 0 Å². The molecule has 0 radical (unpaired) electrons. The molecule has 0 amide bonds. The minimum absolute atomic E-state index is 0.129. The van der Waals surface area contributed by atoms with Crippen molar-refractivity contribution in [2.45, 2.75) is 50.5 Å². The van der Waals surface area contributed by atoms with E-state index in [2.05, 4.69) is 25.4 Å². The zero-order chi connectivity index (χ0) is 19.2. The van der Waals surface area contributed by atoms with Crippen LogP contribution in [0.1, 0.15) is 45.2 Å². The summed E-state index contributed by atoms with van der Waals surface area (Å²) in [5.74, 6) is 0.106. The van der Waals surface area contributed by atoms with Crippen LogP contribution < -0.4 is 9.46 Å². The van der Waals surface area contributed by atoms with Gasteiger partial charge in [0.2, 0.25) is 0 Å². The van der Waals surface area contributed by atoms with Crippen LogP contribution >= 0.6 is 15.9 Å². The van der Waals surface area contributed by atoms with Crippen LogP contribution in [0.15, 0.2) is 22.7 Å². The number of aliphatic hydroxyl groups excluding tert-OH is 1. The van der Waals surface area contributed by atoms with Crippen LogP contribution in [-0.4, -0.2) is 40.4 Å². The molecule has 0 aliphatic rings. The Labute approximate surface area is 160 Å². The van der Waals surface area contributed by atoms with E-state index in [1.165, 1.54) is 7.11 Å². The van der Waals surface area contributed by atoms with Crippen molar-refractivity contribution in [3.63, 3.8) is 0 Å². The van der Waals surface area contributed by atoms with E-state index in [9.17, 15) is 14.1 Å². The number of aliphatic hydroxyl groups is 1. The van der Waals surface area contributed by atoms with Crippen LogP contribution in [0.25, 0.3) is 0 Å². The maximum Gasteiger partial charge on any atom is 0.308 e. The van der Waals surface area contributed by atoms with Gasteiger partial charge in [0, 0.05) is 10.0 Å². The zero-order valence-corrected chi connectivity index (χ0v) is 17.6. The molecule has 0 aliphatic heterocycles. The Balaban J connectivity index is 3.10. The fourth-order valence-electron chi connectivity index (χ4n) is 2.15. The van der Waals surface area contributed by atoms with Gasteiger partial charge in [-0.2, -0.15) is 0 Å². The van der Waals surface area contributed by atoms with Gasteiger partial charge in [-0.3, -0.25) is 4.79 Å². The summed E-state index contributed by atoms with van der Waals surface area (Å²) < 4.78 is 26.0. The summed E-state index contributed by atoms with van der Waals surface area (Å²) >= 11 is 3.39. The topological polar surface area (TPSA) is 84.9 Å². The van der Waals surface area contributed by atoms with Gasteiger partial charge in [-0.15, -0.1) is 0 Å². The lowest BCUT2D eigenvalue weighted by Gasteiger charge is -2.27. The Morgan fingerprint density at radius 2 is 2.00 bits per heavy atom. The second kappa shape index (κ2) is 9.66. The molecule has 0 bridgehead atoms. The molecule has 25 heavy (non-hydrogen) atoms. The summed E-state index contributed by atoms with van der Waals surface area (Å²) in [6.45, 7) is 5.57. The highest BCUT2D eigenvalue weighted by molar-refractivity contribution is 9.10. The summed E-state index contributed by atoms with van der Waals surface area (Å²) in [7, 11) is 1.47. The summed E-state index contributed by atoms with van der Waals surface area (Å²) in [4.78, 5) is 11.4. The lowest BCUT2D eigenvalue weighted by molar-refractivity contribution is -0.142. The Kier molecular flexibility index (Phi) is 8.53. The smallest absolute Gasteiger partial charge is 0.308 e. The van der Waals surface area contributed by atoms with Crippen molar-refractivity contribution in [1.82, 2.24) is 4.72 Å². The zero-order valence-electron chi connectivity index (χ0n) is 15.2. The van der Waals surface area contributed by atoms with Crippen LogP contribution in [0.5, 0.6) is 5.75 Å². The van der Waals surface area contributed by atoms with Crippen molar-refractivity contribution in [3.05, 3.63) is 28.2 Å². The third-order valence-electron chi connectivity index (χ3n) is 3.51. The van der Waals surface area contributed by atoms with Crippen LogP contribution in [0.4, 0.5) is 0 Å². The van der Waals surface area contributed by atoms with Gasteiger partial charge >= 0.3 is 5.97 Å². The first-order valence-electron chi connectivity index (χ1n) is 7.84. The molecule has 8 heteroatoms. The highest BCUT2D eigenvalue weighted by Crippen LogP contribution is 2.32. The minimum atomic E-state index is -1.36. The quantitative estimate of drug-likeness (QED) is 0.613. The van der Waals surface area contributed by atoms with Gasteiger partial charge in [0.15, 0.2) is 0 Å². The average molecular weight is 436 g/mol. The highest BCUT2D eigenvalue weighted by atomic mass is 79.9. The van der Waals surface area contributed by atoms with E-state index < -0.39 is 33.8 Å². The maximum atomic E-state index is 12.6. The second-order valence-corrected chi connectivity index (χ2v) is 9.52. The third kappa shape index (κ3) is 7.05. The van der Waals surface area contributed by atoms with Crippen molar-refractivity contribution < 1.29 is 23.6 Å². The number of hydrogen-bond donors (Lipinski definition) is 2. The standard InChI is InChI=1S/C17H26BrNO5S/c1-17(2,3)25(22)19-14(9-12(20)10-16(21)24-5)13-7-6-11(18)8-15(13)23-4/h6-8,12,14,19-20H,9-10H2,1-5H3/t12-,14+,25-/m1/s1. The Bertz CT molecular complexity index is 618. The van der Waals surface area contributed by atoms with Gasteiger partial charge in [-0.25, -0.2) is 8.93 Å². The lowest BCUT2D eigenvalue weighted by atomic mass is 9.99. The van der Waals surface area contributed by atoms with E-state index in [0.717, 1.165) is 10.0 Å². The number of carbonyl (C=O) groups is 1. The molecule has 0 saturated heterocycles. The monoisotopic (exact) mass is 435 g/mol. The lowest BCUT2D eigenvalue weighted by Crippen LogP contribution is -2.37. The normalized spacial score (nSPS) is 15.3. The molecule has 0 unspecified atom stereocenters. The van der Waals surface area contributed by atoms with E-state index >= 15 is 0 Å². The van der Waals surface area contributed by atoms with Gasteiger partial charge in [-0.05, 0) is 39.3 Å². The first kappa shape index (κ1) is 22.1. The van der Waals surface area contributed by atoms with Gasteiger partial charge in [0.05, 0.1) is 48.5 Å². The molecule has 6 nitrogen and oxygen atoms in total. The summed E-state index contributed by atoms with van der Waals surface area (Å²) in [5.41, 5.74) is 0.757. The van der Waals surface area contributed by atoms with Crippen molar-refractivity contribution >= 4 is 32.9 Å². The number of rotatable bonds is 8. The van der Waals surface area contributed by atoms with Crippen LogP contribution in [-0.2, 0) is 20.5 Å². The molecule has 1 aromatic carbocycles. The van der Waals surface area contributed by atoms with Gasteiger partial charge in [0.1, 0.15) is 5.75 Å². The summed E-state index contributed by atoms with van der Waals surface area (Å²) in [6.07, 6.45) is -0.875. The van der Waals surface area contributed by atoms with E-state index in [1.807, 2.05) is 32.9 Å². The van der Waals surface area contributed by atoms with E-state index in [0.29, 0.717) is 5.75 Å². The number of methoxy groups -OCH3 is 2. The number of nitrogens with one attached hydrogen (secondary N) is 1. The molecule has 0 fully saturated rings. The van der Waals surface area contributed by atoms with E-state index in [-0.39, 0.29) is 12.8 Å². The molecule has 142 valence electrons. The van der Waals surface area contributed by atoms with Crippen LogP contribution in [0.2, 0.25) is 0 Å². The fourth-order valence-corrected chi connectivity index (χ4v) is 3.32. The number of benzene rings is 1. The molecule has 0 aromatic heterocycles. The number of halogens is 1. The summed E-state index contributed by atoms with van der Waals surface area (Å²) in [5, 5.41) is 10.2. The highest BCUT2D eigenvalue weighted by Gasteiger charge is 2.27. The Morgan fingerprint density at radius 1 is 1.36 bits per heavy atom. The number of carbonyl (C=O) groups excluding carboxylic acids is 1. The predicted octanol–water partition coefficient (Wildman–Crippen LogP) is 2.86. The molecule has 0 heterocycles. The molecule has 2 N–H and O–H groups in total. The number of hydrogen-bond acceptors (Lipinski definition) is 5. The molecule has 0 saturated carbocycles. The van der Waals surface area contributed by atoms with Crippen LogP contribution in [0, 0.1) is 0 Å². The van der Waals surface area contributed by atoms with Crippen molar-refractivity contribution in [2.75, 3.05) is 14.2 Å². The number of ether oxygens (including phenoxy) is 2. The predicted molar refractivity (Wildman–Crippen MR) is 102 cm³/mol. The van der Waals surface area contributed by atoms with E-state index in [4.69, 9.17) is 4.74 Å². The first-order valence-corrected chi connectivity index (χ1v) is 9.79. The Morgan fingerprint density at radius 3 is 2.52 bits per heavy atom. The average Bonchev–Trinajstić information content (AvgIpc) is 2.52. The van der Waals surface area contributed by atoms with Crippen LogP contribution in [0.3, 0.4) is 0 Å². The Hall–Kier alpha value is -0.960. The van der Waals surface area contributed by atoms with Gasteiger partial charge in [-0.1, -0.05) is 22.0 Å². The molecular formula is C17H26BrNO5S. The maximum absolute atomic E-state index is 12.6. The molecule has 1 rings (SSSR count). The molecule has 0 spiro atoms. The third-order valence-corrected chi connectivity index (χ3v) is 5.62. The molecular weight excluding hydrogens is 410 g/mol. The number of esters is 1. The molecule has 1 aromatic rings. The van der Waals surface area contributed by atoms with Crippen molar-refractivity contribution in [1.29, 1.82) is 0 Å². The summed E-state index contributed by atoms with van der Waals surface area (Å²) in [6, 6.07) is 5.03. The molecule has 0 aliphatic carbocycles. The first-order chi connectivity index (χ1) is 11.6. The van der Waals surface area contributed by atoms with Crippen molar-refractivity contribution in [2.24, 2.45) is 0 Å². The largest absolute Gasteiger partial charge is 0.496 e. The van der Waals surface area contributed by atoms with Gasteiger partial charge < -0.3 is 14.6 Å². The molecule has 3 atom stereocenters.